The van der Waals surface area contributed by atoms with Crippen LogP contribution in [0.15, 0.2) is 30.3 Å². The van der Waals surface area contributed by atoms with Crippen molar-refractivity contribution >= 4 is 5.82 Å². The van der Waals surface area contributed by atoms with Gasteiger partial charge in [-0.25, -0.2) is 0 Å². The van der Waals surface area contributed by atoms with Gasteiger partial charge in [-0.3, -0.25) is 4.68 Å². The highest BCUT2D eigenvalue weighted by Gasteiger charge is 2.04. The van der Waals surface area contributed by atoms with E-state index in [1.54, 1.807) is 0 Å². The van der Waals surface area contributed by atoms with Gasteiger partial charge in [-0.15, -0.1) is 0 Å². The van der Waals surface area contributed by atoms with Gasteiger partial charge in [-0.05, 0) is 37.0 Å². The van der Waals surface area contributed by atoms with E-state index >= 15 is 0 Å². The monoisotopic (exact) mass is 315 g/mol. The minimum Gasteiger partial charge on any atom is -0.493 e. The second kappa shape index (κ2) is 8.61. The van der Waals surface area contributed by atoms with Gasteiger partial charge in [0, 0.05) is 24.8 Å². The minimum atomic E-state index is 0.534. The Kier molecular flexibility index (Phi) is 6.51. The van der Waals surface area contributed by atoms with Crippen LogP contribution in [-0.2, 0) is 13.1 Å². The van der Waals surface area contributed by atoms with Gasteiger partial charge in [0.1, 0.15) is 11.6 Å². The molecule has 0 aliphatic heterocycles. The number of anilines is 1. The maximum absolute atomic E-state index is 5.78. The summed E-state index contributed by atoms with van der Waals surface area (Å²) in [7, 11) is 0. The van der Waals surface area contributed by atoms with Crippen molar-refractivity contribution < 1.29 is 4.74 Å². The number of benzene rings is 1. The number of aryl methyl sites for hydroxylation is 2. The first kappa shape index (κ1) is 17.4. The molecule has 23 heavy (non-hydrogen) atoms. The summed E-state index contributed by atoms with van der Waals surface area (Å²) in [6, 6.07) is 10.4. The standard InChI is InChI=1S/C19H29N3O/c1-5-6-10-22-16(4)11-19(21-22)20-13-17-8-7-9-18(12-17)23-14-15(2)3/h7-9,11-12,15H,5-6,10,13-14H2,1-4H3,(H,20,21). The topological polar surface area (TPSA) is 39.1 Å². The predicted octanol–water partition coefficient (Wildman–Crippen LogP) is 4.64. The average molecular weight is 315 g/mol. The predicted molar refractivity (Wildman–Crippen MR) is 96.0 cm³/mol. The first-order valence-electron chi connectivity index (χ1n) is 8.58. The fourth-order valence-corrected chi connectivity index (χ4v) is 2.33. The van der Waals surface area contributed by atoms with E-state index in [1.165, 1.54) is 17.7 Å². The zero-order valence-corrected chi connectivity index (χ0v) is 14.8. The molecule has 4 heteroatoms. The van der Waals surface area contributed by atoms with Crippen LogP contribution >= 0.6 is 0 Å². The van der Waals surface area contributed by atoms with Gasteiger partial charge in [0.15, 0.2) is 0 Å². The Morgan fingerprint density at radius 1 is 1.26 bits per heavy atom. The lowest BCUT2D eigenvalue weighted by molar-refractivity contribution is 0.271. The Bertz CT molecular complexity index is 604. The highest BCUT2D eigenvalue weighted by atomic mass is 16.5. The van der Waals surface area contributed by atoms with Crippen molar-refractivity contribution in [3.05, 3.63) is 41.6 Å². The molecule has 0 aliphatic carbocycles. The lowest BCUT2D eigenvalue weighted by Gasteiger charge is -2.10. The fraction of sp³-hybridized carbons (Fsp3) is 0.526. The number of hydrogen-bond donors (Lipinski definition) is 1. The fourth-order valence-electron chi connectivity index (χ4n) is 2.33. The third-order valence-electron chi connectivity index (χ3n) is 3.66. The van der Waals surface area contributed by atoms with Crippen molar-refractivity contribution in [2.75, 3.05) is 11.9 Å². The lowest BCUT2D eigenvalue weighted by Crippen LogP contribution is -2.06. The largest absolute Gasteiger partial charge is 0.493 e. The van der Waals surface area contributed by atoms with Gasteiger partial charge in [0.05, 0.1) is 6.61 Å². The van der Waals surface area contributed by atoms with Crippen LogP contribution in [0.5, 0.6) is 5.75 Å². The second-order valence-electron chi connectivity index (χ2n) is 6.45. The van der Waals surface area contributed by atoms with Crippen molar-refractivity contribution in [1.29, 1.82) is 0 Å². The molecule has 0 atom stereocenters. The third-order valence-corrected chi connectivity index (χ3v) is 3.66. The van der Waals surface area contributed by atoms with Crippen LogP contribution in [-0.4, -0.2) is 16.4 Å². The van der Waals surface area contributed by atoms with Crippen LogP contribution in [0.2, 0.25) is 0 Å². The Hall–Kier alpha value is -1.97. The van der Waals surface area contributed by atoms with Crippen molar-refractivity contribution in [2.24, 2.45) is 5.92 Å². The Morgan fingerprint density at radius 3 is 2.83 bits per heavy atom. The molecule has 1 aromatic heterocycles. The van der Waals surface area contributed by atoms with Crippen LogP contribution < -0.4 is 10.1 Å². The molecule has 2 aromatic rings. The number of nitrogens with one attached hydrogen (secondary N) is 1. The SMILES string of the molecule is CCCCn1nc(NCc2cccc(OCC(C)C)c2)cc1C. The molecule has 0 spiro atoms. The molecule has 1 heterocycles. The molecule has 0 saturated carbocycles. The molecular weight excluding hydrogens is 286 g/mol. The molecule has 0 fully saturated rings. The summed E-state index contributed by atoms with van der Waals surface area (Å²) in [6.07, 6.45) is 2.35. The Labute approximate surface area is 139 Å². The summed E-state index contributed by atoms with van der Waals surface area (Å²) in [4.78, 5) is 0. The molecule has 4 nitrogen and oxygen atoms in total. The molecule has 1 N–H and O–H groups in total. The molecule has 126 valence electrons. The van der Waals surface area contributed by atoms with Gasteiger partial charge in [0.25, 0.3) is 0 Å². The van der Waals surface area contributed by atoms with Crippen LogP contribution in [0.1, 0.15) is 44.9 Å². The molecule has 0 amide bonds. The van der Waals surface area contributed by atoms with E-state index in [4.69, 9.17) is 4.74 Å². The van der Waals surface area contributed by atoms with E-state index in [9.17, 15) is 0 Å². The first-order chi connectivity index (χ1) is 11.1. The maximum atomic E-state index is 5.78. The molecule has 2 rings (SSSR count). The zero-order valence-electron chi connectivity index (χ0n) is 14.8. The van der Waals surface area contributed by atoms with Crippen molar-refractivity contribution in [3.8, 4) is 5.75 Å². The summed E-state index contributed by atoms with van der Waals surface area (Å²) in [5.41, 5.74) is 2.40. The molecule has 0 bridgehead atoms. The highest BCUT2D eigenvalue weighted by Crippen LogP contribution is 2.16. The van der Waals surface area contributed by atoms with Crippen molar-refractivity contribution in [3.63, 3.8) is 0 Å². The van der Waals surface area contributed by atoms with Crippen LogP contribution in [0.25, 0.3) is 0 Å². The molecule has 0 radical (unpaired) electrons. The number of unbranched alkanes of at least 4 members (excludes halogenated alkanes) is 1. The summed E-state index contributed by atoms with van der Waals surface area (Å²) in [6.45, 7) is 11.1. The van der Waals surface area contributed by atoms with Gasteiger partial charge in [-0.2, -0.15) is 5.10 Å². The van der Waals surface area contributed by atoms with Gasteiger partial charge in [0.2, 0.25) is 0 Å². The lowest BCUT2D eigenvalue weighted by atomic mass is 10.2. The smallest absolute Gasteiger partial charge is 0.148 e. The van der Waals surface area contributed by atoms with E-state index in [1.807, 2.05) is 12.1 Å². The van der Waals surface area contributed by atoms with E-state index in [2.05, 4.69) is 61.0 Å². The first-order valence-corrected chi connectivity index (χ1v) is 8.58. The number of hydrogen-bond acceptors (Lipinski definition) is 3. The Balaban J connectivity index is 1.91. The number of ether oxygens (including phenoxy) is 1. The van der Waals surface area contributed by atoms with Gasteiger partial charge < -0.3 is 10.1 Å². The summed E-state index contributed by atoms with van der Waals surface area (Å²) in [5.74, 6) is 2.40. The average Bonchev–Trinajstić information content (AvgIpc) is 2.89. The maximum Gasteiger partial charge on any atom is 0.148 e. The molecule has 1 aromatic carbocycles. The van der Waals surface area contributed by atoms with Gasteiger partial charge in [-0.1, -0.05) is 39.3 Å². The number of rotatable bonds is 9. The van der Waals surface area contributed by atoms with Gasteiger partial charge >= 0.3 is 0 Å². The molecule has 0 saturated heterocycles. The number of aromatic nitrogens is 2. The highest BCUT2D eigenvalue weighted by molar-refractivity contribution is 5.38. The molecule has 0 aliphatic rings. The molecule has 0 unspecified atom stereocenters. The summed E-state index contributed by atoms with van der Waals surface area (Å²) in [5, 5.41) is 8.02. The van der Waals surface area contributed by atoms with Crippen molar-refractivity contribution in [1.82, 2.24) is 9.78 Å². The van der Waals surface area contributed by atoms with E-state index in [0.29, 0.717) is 5.92 Å². The quantitative estimate of drug-likeness (QED) is 0.733. The van der Waals surface area contributed by atoms with Crippen molar-refractivity contribution in [2.45, 2.75) is 53.6 Å². The normalized spacial score (nSPS) is 11.0. The van der Waals surface area contributed by atoms with Crippen LogP contribution in [0.3, 0.4) is 0 Å². The third kappa shape index (κ3) is 5.62. The number of nitrogens with zero attached hydrogens (tertiary/aromatic N) is 2. The molecular formula is C19H29N3O. The second-order valence-corrected chi connectivity index (χ2v) is 6.45. The minimum absolute atomic E-state index is 0.534. The van der Waals surface area contributed by atoms with E-state index in [-0.39, 0.29) is 0 Å². The Morgan fingerprint density at radius 2 is 2.09 bits per heavy atom. The van der Waals surface area contributed by atoms with E-state index in [0.717, 1.165) is 37.7 Å². The zero-order chi connectivity index (χ0) is 16.7. The summed E-state index contributed by atoms with van der Waals surface area (Å²) < 4.78 is 7.86. The van der Waals surface area contributed by atoms with Crippen LogP contribution in [0, 0.1) is 12.8 Å². The van der Waals surface area contributed by atoms with E-state index < -0.39 is 0 Å². The van der Waals surface area contributed by atoms with Crippen LogP contribution in [0.4, 0.5) is 5.82 Å². The summed E-state index contributed by atoms with van der Waals surface area (Å²) >= 11 is 0.